The summed E-state index contributed by atoms with van der Waals surface area (Å²) in [6.45, 7) is 1.72. The van der Waals surface area contributed by atoms with Gasteiger partial charge in [0, 0.05) is 25.2 Å². The SMILES string of the molecule is COC1(C(=O)NC2CC3CCCC(C2)N3C)CCNCC1. The van der Waals surface area contributed by atoms with Gasteiger partial charge in [-0.15, -0.1) is 0 Å². The summed E-state index contributed by atoms with van der Waals surface area (Å²) in [5.74, 6) is 0.110. The average molecular weight is 295 g/mol. The van der Waals surface area contributed by atoms with E-state index in [2.05, 4.69) is 22.6 Å². The van der Waals surface area contributed by atoms with Gasteiger partial charge in [0.05, 0.1) is 0 Å². The molecule has 2 bridgehead atoms. The van der Waals surface area contributed by atoms with Gasteiger partial charge in [0.15, 0.2) is 0 Å². The molecule has 0 aromatic heterocycles. The van der Waals surface area contributed by atoms with Gasteiger partial charge in [0.1, 0.15) is 5.60 Å². The molecule has 3 saturated heterocycles. The third-order valence-corrected chi connectivity index (χ3v) is 5.89. The molecule has 3 aliphatic rings. The van der Waals surface area contributed by atoms with Crippen LogP contribution in [0.2, 0.25) is 0 Å². The van der Waals surface area contributed by atoms with Crippen LogP contribution in [0.4, 0.5) is 0 Å². The second-order valence-corrected chi connectivity index (χ2v) is 6.99. The summed E-state index contributed by atoms with van der Waals surface area (Å²) in [6, 6.07) is 1.62. The minimum absolute atomic E-state index is 0.110. The standard InChI is InChI=1S/C16H29N3O2/c1-19-13-4-3-5-14(19)11-12(10-13)18-15(20)16(21-2)6-8-17-9-7-16/h12-14,17H,3-11H2,1-2H3,(H,18,20). The lowest BCUT2D eigenvalue weighted by Crippen LogP contribution is -2.60. The number of hydrogen-bond donors (Lipinski definition) is 2. The van der Waals surface area contributed by atoms with Crippen molar-refractivity contribution in [1.82, 2.24) is 15.5 Å². The molecule has 3 fully saturated rings. The fraction of sp³-hybridized carbons (Fsp3) is 0.938. The largest absolute Gasteiger partial charge is 0.368 e. The summed E-state index contributed by atoms with van der Waals surface area (Å²) in [5, 5.41) is 6.61. The van der Waals surface area contributed by atoms with E-state index in [-0.39, 0.29) is 5.91 Å². The molecular formula is C16H29N3O2. The van der Waals surface area contributed by atoms with Gasteiger partial charge in [-0.05, 0) is 58.7 Å². The Morgan fingerprint density at radius 2 is 1.86 bits per heavy atom. The maximum atomic E-state index is 12.7. The smallest absolute Gasteiger partial charge is 0.252 e. The first-order chi connectivity index (χ1) is 10.1. The summed E-state index contributed by atoms with van der Waals surface area (Å²) in [7, 11) is 3.92. The molecule has 3 heterocycles. The van der Waals surface area contributed by atoms with Gasteiger partial charge in [0.25, 0.3) is 5.91 Å². The van der Waals surface area contributed by atoms with E-state index in [0.717, 1.165) is 38.8 Å². The Balaban J connectivity index is 1.62. The van der Waals surface area contributed by atoms with E-state index in [1.165, 1.54) is 19.3 Å². The van der Waals surface area contributed by atoms with E-state index < -0.39 is 5.60 Å². The zero-order chi connectivity index (χ0) is 14.9. The van der Waals surface area contributed by atoms with Crippen LogP contribution in [-0.4, -0.2) is 61.8 Å². The third kappa shape index (κ3) is 2.96. The fourth-order valence-corrected chi connectivity index (χ4v) is 4.41. The summed E-state index contributed by atoms with van der Waals surface area (Å²) >= 11 is 0. The maximum Gasteiger partial charge on any atom is 0.252 e. The Labute approximate surface area is 127 Å². The number of piperidine rings is 3. The monoisotopic (exact) mass is 295 g/mol. The summed E-state index contributed by atoms with van der Waals surface area (Å²) < 4.78 is 5.63. The van der Waals surface area contributed by atoms with Crippen molar-refractivity contribution in [2.75, 3.05) is 27.2 Å². The van der Waals surface area contributed by atoms with Crippen molar-refractivity contribution in [2.24, 2.45) is 0 Å². The predicted octanol–water partition coefficient (Wildman–Crippen LogP) is 0.887. The van der Waals surface area contributed by atoms with E-state index in [1.807, 2.05) is 0 Å². The van der Waals surface area contributed by atoms with Crippen LogP contribution in [0.3, 0.4) is 0 Å². The number of nitrogens with zero attached hydrogens (tertiary/aromatic N) is 1. The van der Waals surface area contributed by atoms with Crippen molar-refractivity contribution in [3.05, 3.63) is 0 Å². The molecule has 21 heavy (non-hydrogen) atoms. The van der Waals surface area contributed by atoms with Crippen molar-refractivity contribution in [2.45, 2.75) is 68.7 Å². The molecule has 0 aliphatic carbocycles. The number of methoxy groups -OCH3 is 1. The molecule has 2 unspecified atom stereocenters. The molecule has 3 aliphatic heterocycles. The highest BCUT2D eigenvalue weighted by molar-refractivity contribution is 5.85. The first-order valence-corrected chi connectivity index (χ1v) is 8.43. The van der Waals surface area contributed by atoms with Crippen molar-refractivity contribution in [3.63, 3.8) is 0 Å². The zero-order valence-electron chi connectivity index (χ0n) is 13.4. The molecule has 5 nitrogen and oxygen atoms in total. The van der Waals surface area contributed by atoms with Crippen LogP contribution >= 0.6 is 0 Å². The van der Waals surface area contributed by atoms with E-state index in [0.29, 0.717) is 18.1 Å². The normalized spacial score (nSPS) is 36.2. The Bertz CT molecular complexity index is 368. The van der Waals surface area contributed by atoms with Crippen LogP contribution in [0, 0.1) is 0 Å². The van der Waals surface area contributed by atoms with Crippen LogP contribution in [0.5, 0.6) is 0 Å². The maximum absolute atomic E-state index is 12.7. The molecule has 1 amide bonds. The second kappa shape index (κ2) is 6.23. The van der Waals surface area contributed by atoms with E-state index in [4.69, 9.17) is 4.74 Å². The quantitative estimate of drug-likeness (QED) is 0.812. The third-order valence-electron chi connectivity index (χ3n) is 5.89. The van der Waals surface area contributed by atoms with Gasteiger partial charge >= 0.3 is 0 Å². The Kier molecular flexibility index (Phi) is 4.52. The minimum Gasteiger partial charge on any atom is -0.368 e. The lowest BCUT2D eigenvalue weighted by molar-refractivity contribution is -0.148. The van der Waals surface area contributed by atoms with Gasteiger partial charge in [-0.2, -0.15) is 0 Å². The number of carbonyl (C=O) groups is 1. The van der Waals surface area contributed by atoms with Gasteiger partial charge in [-0.1, -0.05) is 6.42 Å². The molecule has 0 radical (unpaired) electrons. The number of hydrogen-bond acceptors (Lipinski definition) is 4. The zero-order valence-corrected chi connectivity index (χ0v) is 13.4. The van der Waals surface area contributed by atoms with Gasteiger partial charge < -0.3 is 20.3 Å². The van der Waals surface area contributed by atoms with Crippen molar-refractivity contribution in [3.8, 4) is 0 Å². The van der Waals surface area contributed by atoms with E-state index in [9.17, 15) is 4.79 Å². The van der Waals surface area contributed by atoms with Crippen molar-refractivity contribution >= 4 is 5.91 Å². The van der Waals surface area contributed by atoms with Gasteiger partial charge in [-0.3, -0.25) is 4.79 Å². The lowest BCUT2D eigenvalue weighted by Gasteiger charge is -2.47. The molecule has 5 heteroatoms. The highest BCUT2D eigenvalue weighted by Crippen LogP contribution is 2.33. The number of ether oxygens (including phenoxy) is 1. The summed E-state index contributed by atoms with van der Waals surface area (Å²) in [5.41, 5.74) is -0.607. The molecule has 2 N–H and O–H groups in total. The molecule has 0 spiro atoms. The highest BCUT2D eigenvalue weighted by atomic mass is 16.5. The molecule has 3 rings (SSSR count). The Morgan fingerprint density at radius 3 is 2.43 bits per heavy atom. The first kappa shape index (κ1) is 15.3. The first-order valence-electron chi connectivity index (χ1n) is 8.43. The van der Waals surface area contributed by atoms with Crippen LogP contribution in [0.15, 0.2) is 0 Å². The molecular weight excluding hydrogens is 266 g/mol. The molecule has 0 aromatic rings. The van der Waals surface area contributed by atoms with E-state index in [1.54, 1.807) is 7.11 Å². The van der Waals surface area contributed by atoms with Gasteiger partial charge in [0.2, 0.25) is 0 Å². The molecule has 120 valence electrons. The van der Waals surface area contributed by atoms with Crippen LogP contribution < -0.4 is 10.6 Å². The van der Waals surface area contributed by atoms with Crippen LogP contribution in [-0.2, 0) is 9.53 Å². The number of nitrogens with one attached hydrogen (secondary N) is 2. The van der Waals surface area contributed by atoms with Crippen LogP contribution in [0.25, 0.3) is 0 Å². The van der Waals surface area contributed by atoms with Crippen molar-refractivity contribution < 1.29 is 9.53 Å². The second-order valence-electron chi connectivity index (χ2n) is 6.99. The average Bonchev–Trinajstić information content (AvgIpc) is 2.49. The Morgan fingerprint density at radius 1 is 1.24 bits per heavy atom. The summed E-state index contributed by atoms with van der Waals surface area (Å²) in [6.07, 6.45) is 7.63. The Hall–Kier alpha value is -0.650. The number of rotatable bonds is 3. The highest BCUT2D eigenvalue weighted by Gasteiger charge is 2.42. The molecule has 2 atom stereocenters. The number of fused-ring (bicyclic) bond motifs is 2. The number of amides is 1. The summed E-state index contributed by atoms with van der Waals surface area (Å²) in [4.78, 5) is 15.3. The van der Waals surface area contributed by atoms with Crippen molar-refractivity contribution in [1.29, 1.82) is 0 Å². The molecule has 0 aromatic carbocycles. The predicted molar refractivity (Wildman–Crippen MR) is 82.2 cm³/mol. The minimum atomic E-state index is -0.607. The molecule has 0 saturated carbocycles. The number of carbonyl (C=O) groups excluding carboxylic acids is 1. The fourth-order valence-electron chi connectivity index (χ4n) is 4.41. The van der Waals surface area contributed by atoms with Crippen LogP contribution in [0.1, 0.15) is 44.9 Å². The van der Waals surface area contributed by atoms with Gasteiger partial charge in [-0.25, -0.2) is 0 Å². The topological polar surface area (TPSA) is 53.6 Å². The lowest BCUT2D eigenvalue weighted by atomic mass is 9.81. The van der Waals surface area contributed by atoms with E-state index >= 15 is 0 Å².